The van der Waals surface area contributed by atoms with E-state index in [1.165, 1.54) is 0 Å². The predicted molar refractivity (Wildman–Crippen MR) is 74.8 cm³/mol. The van der Waals surface area contributed by atoms with Crippen molar-refractivity contribution in [3.8, 4) is 0 Å². The first-order chi connectivity index (χ1) is 10.1. The quantitative estimate of drug-likeness (QED) is 0.613. The van der Waals surface area contributed by atoms with Crippen LogP contribution in [0.5, 0.6) is 0 Å². The number of hydrogen-bond acceptors (Lipinski definition) is 4. The van der Waals surface area contributed by atoms with E-state index in [0.29, 0.717) is 19.6 Å². The Morgan fingerprint density at radius 3 is 2.67 bits per heavy atom. The molecule has 6 heteroatoms. The lowest BCUT2D eigenvalue weighted by atomic mass is 10.1. The fourth-order valence-corrected chi connectivity index (χ4v) is 2.27. The molecule has 0 unspecified atom stereocenters. The highest BCUT2D eigenvalue weighted by atomic mass is 16.6. The van der Waals surface area contributed by atoms with E-state index in [1.807, 2.05) is 30.3 Å². The number of nitrogens with zero attached hydrogens (tertiary/aromatic N) is 1. The van der Waals surface area contributed by atoms with Crippen LogP contribution in [0.4, 0.5) is 4.79 Å². The van der Waals surface area contributed by atoms with Gasteiger partial charge in [-0.05, 0) is 18.9 Å². The molecule has 0 bridgehead atoms. The van der Waals surface area contributed by atoms with Crippen molar-refractivity contribution in [2.75, 3.05) is 13.2 Å². The zero-order valence-corrected chi connectivity index (χ0v) is 11.9. The molecule has 1 aromatic rings. The third-order valence-electron chi connectivity index (χ3n) is 3.37. The molecule has 1 aliphatic heterocycles. The molecule has 6 nitrogen and oxygen atoms in total. The molecular formula is C15H19NO5. The molecule has 0 aromatic heterocycles. The molecule has 0 aliphatic carbocycles. The Morgan fingerprint density at radius 2 is 2.10 bits per heavy atom. The molecule has 2 rings (SSSR count). The minimum absolute atomic E-state index is 0.258. The van der Waals surface area contributed by atoms with Gasteiger partial charge in [0.1, 0.15) is 6.10 Å². The van der Waals surface area contributed by atoms with E-state index in [-0.39, 0.29) is 12.6 Å². The van der Waals surface area contributed by atoms with Crippen molar-refractivity contribution < 1.29 is 24.2 Å². The van der Waals surface area contributed by atoms with Crippen molar-refractivity contribution in [2.45, 2.75) is 32.1 Å². The van der Waals surface area contributed by atoms with Gasteiger partial charge in [0, 0.05) is 13.2 Å². The van der Waals surface area contributed by atoms with E-state index in [2.05, 4.69) is 0 Å². The number of cyclic esters (lactones) is 1. The van der Waals surface area contributed by atoms with Gasteiger partial charge in [-0.15, -0.1) is 0 Å². The molecule has 1 aliphatic rings. The van der Waals surface area contributed by atoms with Crippen LogP contribution in [0.15, 0.2) is 30.3 Å². The lowest BCUT2D eigenvalue weighted by molar-refractivity contribution is -0.183. The van der Waals surface area contributed by atoms with Crippen LogP contribution in [0.3, 0.4) is 0 Å². The van der Waals surface area contributed by atoms with Crippen molar-refractivity contribution in [3.05, 3.63) is 35.9 Å². The standard InChI is InChI=1S/C15H19NO5/c1-11-13(14(17)21-11)16(15(18)19)8-5-9-20-10-12-6-3-2-4-7-12/h2-4,6-7,11,13H,5,8-10H2,1H3,(H,18,19)/t11-,13+/m0/s1. The molecule has 1 fully saturated rings. The Balaban J connectivity index is 1.71. The number of carbonyl (C=O) groups is 2. The van der Waals surface area contributed by atoms with E-state index in [9.17, 15) is 9.59 Å². The van der Waals surface area contributed by atoms with Crippen LogP contribution >= 0.6 is 0 Å². The molecule has 0 spiro atoms. The summed E-state index contributed by atoms with van der Waals surface area (Å²) in [6.45, 7) is 2.88. The van der Waals surface area contributed by atoms with Gasteiger partial charge in [0.25, 0.3) is 0 Å². The summed E-state index contributed by atoms with van der Waals surface area (Å²) in [6.07, 6.45) is -0.944. The van der Waals surface area contributed by atoms with E-state index in [4.69, 9.17) is 14.6 Å². The highest BCUT2D eigenvalue weighted by Crippen LogP contribution is 2.21. The zero-order valence-electron chi connectivity index (χ0n) is 11.9. The van der Waals surface area contributed by atoms with Crippen molar-refractivity contribution in [1.82, 2.24) is 4.90 Å². The molecule has 1 heterocycles. The lowest BCUT2D eigenvalue weighted by Gasteiger charge is -2.38. The van der Waals surface area contributed by atoms with Gasteiger partial charge in [0.15, 0.2) is 6.04 Å². The van der Waals surface area contributed by atoms with E-state index in [1.54, 1.807) is 6.92 Å². The Hall–Kier alpha value is -2.08. The first kappa shape index (κ1) is 15.3. The van der Waals surface area contributed by atoms with Crippen molar-refractivity contribution in [1.29, 1.82) is 0 Å². The monoisotopic (exact) mass is 293 g/mol. The van der Waals surface area contributed by atoms with Gasteiger partial charge in [-0.2, -0.15) is 0 Å². The average molecular weight is 293 g/mol. The molecule has 21 heavy (non-hydrogen) atoms. The summed E-state index contributed by atoms with van der Waals surface area (Å²) in [5, 5.41) is 9.16. The van der Waals surface area contributed by atoms with Crippen LogP contribution in [-0.4, -0.2) is 47.4 Å². The molecule has 1 amide bonds. The number of benzene rings is 1. The normalized spacial score (nSPS) is 20.5. The lowest BCUT2D eigenvalue weighted by Crippen LogP contribution is -2.60. The van der Waals surface area contributed by atoms with Crippen molar-refractivity contribution in [3.63, 3.8) is 0 Å². The van der Waals surface area contributed by atoms with Crippen molar-refractivity contribution >= 4 is 12.1 Å². The second-order valence-corrected chi connectivity index (χ2v) is 4.95. The van der Waals surface area contributed by atoms with Crippen LogP contribution in [0, 0.1) is 0 Å². The van der Waals surface area contributed by atoms with Crippen LogP contribution in [0.2, 0.25) is 0 Å². The molecule has 1 saturated heterocycles. The van der Waals surface area contributed by atoms with E-state index >= 15 is 0 Å². The summed E-state index contributed by atoms with van der Waals surface area (Å²) in [4.78, 5) is 23.6. The summed E-state index contributed by atoms with van der Waals surface area (Å²) in [7, 11) is 0. The Kier molecular flexibility index (Phi) is 5.16. The fraction of sp³-hybridized carbons (Fsp3) is 0.467. The first-order valence-corrected chi connectivity index (χ1v) is 6.91. The summed E-state index contributed by atoms with van der Waals surface area (Å²) in [6, 6.07) is 9.07. The number of carboxylic acid groups (broad SMARTS) is 1. The van der Waals surface area contributed by atoms with Crippen molar-refractivity contribution in [2.24, 2.45) is 0 Å². The maximum atomic E-state index is 11.3. The summed E-state index contributed by atoms with van der Waals surface area (Å²) >= 11 is 0. The molecular weight excluding hydrogens is 274 g/mol. The minimum Gasteiger partial charge on any atom is -0.465 e. The van der Waals surface area contributed by atoms with Gasteiger partial charge < -0.3 is 14.6 Å². The summed E-state index contributed by atoms with van der Waals surface area (Å²) in [5.41, 5.74) is 1.07. The highest BCUT2D eigenvalue weighted by molar-refractivity contribution is 5.85. The Morgan fingerprint density at radius 1 is 1.38 bits per heavy atom. The summed E-state index contributed by atoms with van der Waals surface area (Å²) < 4.78 is 10.3. The largest absolute Gasteiger partial charge is 0.465 e. The van der Waals surface area contributed by atoms with Gasteiger partial charge in [0.05, 0.1) is 6.61 Å². The van der Waals surface area contributed by atoms with E-state index < -0.39 is 18.1 Å². The topological polar surface area (TPSA) is 76.1 Å². The smallest absolute Gasteiger partial charge is 0.408 e. The Bertz CT molecular complexity index is 490. The molecule has 114 valence electrons. The predicted octanol–water partition coefficient (Wildman–Crippen LogP) is 1.89. The SMILES string of the molecule is C[C@@H]1OC(=O)[C@@H]1N(CCCOCc1ccccc1)C(=O)O. The molecule has 0 saturated carbocycles. The zero-order chi connectivity index (χ0) is 15.2. The second-order valence-electron chi connectivity index (χ2n) is 4.95. The highest BCUT2D eigenvalue weighted by Gasteiger charge is 2.45. The first-order valence-electron chi connectivity index (χ1n) is 6.91. The average Bonchev–Trinajstić information content (AvgIpc) is 2.46. The van der Waals surface area contributed by atoms with Gasteiger partial charge >= 0.3 is 12.1 Å². The van der Waals surface area contributed by atoms with Gasteiger partial charge in [0.2, 0.25) is 0 Å². The number of amides is 1. The summed E-state index contributed by atoms with van der Waals surface area (Å²) in [5.74, 6) is -0.477. The number of carbonyl (C=O) groups excluding carboxylic acids is 1. The minimum atomic E-state index is -1.11. The fourth-order valence-electron chi connectivity index (χ4n) is 2.27. The third kappa shape index (κ3) is 3.95. The third-order valence-corrected chi connectivity index (χ3v) is 3.37. The maximum absolute atomic E-state index is 11.3. The Labute approximate surface area is 123 Å². The van der Waals surface area contributed by atoms with Crippen LogP contribution in [0.1, 0.15) is 18.9 Å². The maximum Gasteiger partial charge on any atom is 0.408 e. The van der Waals surface area contributed by atoms with Gasteiger partial charge in [-0.3, -0.25) is 4.90 Å². The number of hydrogen-bond donors (Lipinski definition) is 1. The van der Waals surface area contributed by atoms with Crippen LogP contribution < -0.4 is 0 Å². The molecule has 1 aromatic carbocycles. The van der Waals surface area contributed by atoms with Crippen LogP contribution in [0.25, 0.3) is 0 Å². The van der Waals surface area contributed by atoms with E-state index in [0.717, 1.165) is 10.5 Å². The van der Waals surface area contributed by atoms with Gasteiger partial charge in [-0.25, -0.2) is 9.59 Å². The molecule has 0 radical (unpaired) electrons. The number of rotatable bonds is 7. The van der Waals surface area contributed by atoms with Gasteiger partial charge in [-0.1, -0.05) is 30.3 Å². The molecule has 1 N–H and O–H groups in total. The second kappa shape index (κ2) is 7.08. The number of ether oxygens (including phenoxy) is 2. The molecule has 2 atom stereocenters. The van der Waals surface area contributed by atoms with Crippen LogP contribution in [-0.2, 0) is 20.9 Å². The number of esters is 1.